The van der Waals surface area contributed by atoms with Crippen LogP contribution in [0.25, 0.3) is 11.3 Å². The standard InChI is InChI=1S/C21H19N5O3/c22-20-18(19(27)16-5-2-6-23-12-16)25-17(13-24-20)14-3-1-4-15(11-14)21(28)26-7-9-29-10-8-26/h1-6,11-13H,7-10H2,(H2,22,24). The number of nitrogens with zero attached hydrogens (tertiary/aromatic N) is 4. The molecule has 1 aliphatic heterocycles. The van der Waals surface area contributed by atoms with E-state index in [1.54, 1.807) is 41.4 Å². The van der Waals surface area contributed by atoms with Crippen LogP contribution in [0.3, 0.4) is 0 Å². The summed E-state index contributed by atoms with van der Waals surface area (Å²) in [7, 11) is 0. The molecule has 0 unspecified atom stereocenters. The number of rotatable bonds is 4. The van der Waals surface area contributed by atoms with Gasteiger partial charge in [0.05, 0.1) is 25.1 Å². The van der Waals surface area contributed by atoms with Gasteiger partial charge in [-0.3, -0.25) is 14.6 Å². The molecule has 1 aliphatic rings. The van der Waals surface area contributed by atoms with E-state index in [0.29, 0.717) is 48.7 Å². The second-order valence-corrected chi connectivity index (χ2v) is 6.55. The van der Waals surface area contributed by atoms with Crippen LogP contribution in [0.2, 0.25) is 0 Å². The largest absolute Gasteiger partial charge is 0.382 e. The predicted octanol–water partition coefficient (Wildman–Crippen LogP) is 1.82. The molecule has 0 saturated carbocycles. The van der Waals surface area contributed by atoms with Crippen LogP contribution in [0.4, 0.5) is 5.82 Å². The summed E-state index contributed by atoms with van der Waals surface area (Å²) in [4.78, 5) is 39.8. The summed E-state index contributed by atoms with van der Waals surface area (Å²) in [5.41, 5.74) is 8.01. The van der Waals surface area contributed by atoms with Gasteiger partial charge in [0.2, 0.25) is 5.78 Å². The van der Waals surface area contributed by atoms with Gasteiger partial charge in [-0.15, -0.1) is 0 Å². The third-order valence-corrected chi connectivity index (χ3v) is 4.64. The van der Waals surface area contributed by atoms with Crippen molar-refractivity contribution in [1.29, 1.82) is 0 Å². The van der Waals surface area contributed by atoms with Crippen LogP contribution in [0.15, 0.2) is 55.0 Å². The van der Waals surface area contributed by atoms with Crippen LogP contribution in [0.1, 0.15) is 26.4 Å². The van der Waals surface area contributed by atoms with Gasteiger partial charge in [0.25, 0.3) is 5.91 Å². The molecule has 0 spiro atoms. The number of aromatic nitrogens is 3. The summed E-state index contributed by atoms with van der Waals surface area (Å²) in [5.74, 6) is -0.376. The molecule has 8 heteroatoms. The van der Waals surface area contributed by atoms with Crippen molar-refractivity contribution < 1.29 is 14.3 Å². The Morgan fingerprint density at radius 3 is 2.59 bits per heavy atom. The fourth-order valence-corrected chi connectivity index (χ4v) is 3.10. The Hall–Kier alpha value is -3.65. The number of benzene rings is 1. The number of hydrogen-bond donors (Lipinski definition) is 1. The van der Waals surface area contributed by atoms with Crippen LogP contribution in [-0.4, -0.2) is 57.8 Å². The van der Waals surface area contributed by atoms with E-state index in [2.05, 4.69) is 15.0 Å². The van der Waals surface area contributed by atoms with Gasteiger partial charge < -0.3 is 15.4 Å². The number of pyridine rings is 1. The number of nitrogen functional groups attached to an aromatic ring is 1. The minimum absolute atomic E-state index is 0.0446. The third kappa shape index (κ3) is 3.97. The Labute approximate surface area is 167 Å². The van der Waals surface area contributed by atoms with Crippen LogP contribution >= 0.6 is 0 Å². The predicted molar refractivity (Wildman–Crippen MR) is 106 cm³/mol. The van der Waals surface area contributed by atoms with Crippen molar-refractivity contribution in [3.05, 3.63) is 71.8 Å². The lowest BCUT2D eigenvalue weighted by molar-refractivity contribution is 0.0303. The Bertz CT molecular complexity index is 1050. The molecule has 0 atom stereocenters. The van der Waals surface area contributed by atoms with Crippen LogP contribution < -0.4 is 5.73 Å². The molecule has 0 bridgehead atoms. The average Bonchev–Trinajstić information content (AvgIpc) is 2.79. The third-order valence-electron chi connectivity index (χ3n) is 4.64. The Kier molecular flexibility index (Phi) is 5.26. The molecule has 3 heterocycles. The summed E-state index contributed by atoms with van der Waals surface area (Å²) in [6.07, 6.45) is 4.53. The molecule has 29 heavy (non-hydrogen) atoms. The number of ether oxygens (including phenoxy) is 1. The first-order valence-electron chi connectivity index (χ1n) is 9.18. The van der Waals surface area contributed by atoms with Crippen molar-refractivity contribution in [3.63, 3.8) is 0 Å². The van der Waals surface area contributed by atoms with E-state index in [-0.39, 0.29) is 23.2 Å². The highest BCUT2D eigenvalue weighted by molar-refractivity contribution is 6.10. The summed E-state index contributed by atoms with van der Waals surface area (Å²) >= 11 is 0. The molecule has 1 fully saturated rings. The molecular weight excluding hydrogens is 370 g/mol. The van der Waals surface area contributed by atoms with Crippen LogP contribution in [0.5, 0.6) is 0 Å². The minimum atomic E-state index is -0.356. The number of hydrogen-bond acceptors (Lipinski definition) is 7. The molecule has 2 aromatic heterocycles. The number of nitrogens with two attached hydrogens (primary N) is 1. The van der Waals surface area contributed by atoms with E-state index in [9.17, 15) is 9.59 Å². The number of ketones is 1. The Balaban J connectivity index is 1.65. The fourth-order valence-electron chi connectivity index (χ4n) is 3.10. The van der Waals surface area contributed by atoms with Crippen molar-refractivity contribution in [2.75, 3.05) is 32.0 Å². The fraction of sp³-hybridized carbons (Fsp3) is 0.190. The molecule has 1 aromatic carbocycles. The summed E-state index contributed by atoms with van der Waals surface area (Å²) in [5, 5.41) is 0. The van der Waals surface area contributed by atoms with E-state index >= 15 is 0 Å². The highest BCUT2D eigenvalue weighted by atomic mass is 16.5. The zero-order chi connectivity index (χ0) is 20.2. The maximum Gasteiger partial charge on any atom is 0.254 e. The van der Waals surface area contributed by atoms with E-state index in [4.69, 9.17) is 10.5 Å². The molecule has 1 saturated heterocycles. The first-order chi connectivity index (χ1) is 14.1. The molecular formula is C21H19N5O3. The molecule has 0 radical (unpaired) electrons. The molecule has 4 rings (SSSR count). The summed E-state index contributed by atoms with van der Waals surface area (Å²) in [6.45, 7) is 2.20. The number of morpholine rings is 1. The average molecular weight is 389 g/mol. The van der Waals surface area contributed by atoms with E-state index in [0.717, 1.165) is 0 Å². The first-order valence-corrected chi connectivity index (χ1v) is 9.18. The van der Waals surface area contributed by atoms with Gasteiger partial charge in [0.15, 0.2) is 11.5 Å². The highest BCUT2D eigenvalue weighted by Crippen LogP contribution is 2.22. The number of anilines is 1. The minimum Gasteiger partial charge on any atom is -0.382 e. The van der Waals surface area contributed by atoms with Crippen molar-refractivity contribution in [2.45, 2.75) is 0 Å². The van der Waals surface area contributed by atoms with Gasteiger partial charge in [0, 0.05) is 42.2 Å². The lowest BCUT2D eigenvalue weighted by atomic mass is 10.1. The van der Waals surface area contributed by atoms with Gasteiger partial charge in [-0.25, -0.2) is 9.97 Å². The van der Waals surface area contributed by atoms with E-state index in [1.165, 1.54) is 12.4 Å². The topological polar surface area (TPSA) is 111 Å². The normalized spacial score (nSPS) is 13.9. The Morgan fingerprint density at radius 1 is 1.03 bits per heavy atom. The van der Waals surface area contributed by atoms with Gasteiger partial charge in [-0.1, -0.05) is 12.1 Å². The molecule has 8 nitrogen and oxygen atoms in total. The SMILES string of the molecule is Nc1ncc(-c2cccc(C(=O)N3CCOCC3)c2)nc1C(=O)c1cccnc1. The zero-order valence-electron chi connectivity index (χ0n) is 15.6. The van der Waals surface area contributed by atoms with Crippen LogP contribution in [0, 0.1) is 0 Å². The molecule has 3 aromatic rings. The monoisotopic (exact) mass is 389 g/mol. The molecule has 2 N–H and O–H groups in total. The summed E-state index contributed by atoms with van der Waals surface area (Å²) in [6, 6.07) is 10.4. The first kappa shape index (κ1) is 18.7. The smallest absolute Gasteiger partial charge is 0.254 e. The lowest BCUT2D eigenvalue weighted by Gasteiger charge is -2.27. The lowest BCUT2D eigenvalue weighted by Crippen LogP contribution is -2.40. The van der Waals surface area contributed by atoms with Crippen LogP contribution in [-0.2, 0) is 4.74 Å². The molecule has 0 aliphatic carbocycles. The second-order valence-electron chi connectivity index (χ2n) is 6.55. The zero-order valence-corrected chi connectivity index (χ0v) is 15.6. The van der Waals surface area contributed by atoms with Crippen molar-refractivity contribution in [2.24, 2.45) is 0 Å². The number of carbonyl (C=O) groups excluding carboxylic acids is 2. The van der Waals surface area contributed by atoms with Gasteiger partial charge in [-0.2, -0.15) is 0 Å². The van der Waals surface area contributed by atoms with Crippen molar-refractivity contribution in [3.8, 4) is 11.3 Å². The highest BCUT2D eigenvalue weighted by Gasteiger charge is 2.20. The maximum absolute atomic E-state index is 12.8. The number of amides is 1. The van der Waals surface area contributed by atoms with E-state index < -0.39 is 0 Å². The Morgan fingerprint density at radius 2 is 1.83 bits per heavy atom. The van der Waals surface area contributed by atoms with Crippen molar-refractivity contribution in [1.82, 2.24) is 19.9 Å². The van der Waals surface area contributed by atoms with E-state index in [1.807, 2.05) is 6.07 Å². The maximum atomic E-state index is 12.8. The molecule has 1 amide bonds. The van der Waals surface area contributed by atoms with Gasteiger partial charge in [-0.05, 0) is 24.3 Å². The van der Waals surface area contributed by atoms with Crippen molar-refractivity contribution >= 4 is 17.5 Å². The van der Waals surface area contributed by atoms with Gasteiger partial charge >= 0.3 is 0 Å². The second kappa shape index (κ2) is 8.15. The number of carbonyl (C=O) groups is 2. The van der Waals surface area contributed by atoms with Gasteiger partial charge in [0.1, 0.15) is 0 Å². The summed E-state index contributed by atoms with van der Waals surface area (Å²) < 4.78 is 5.30. The quantitative estimate of drug-likeness (QED) is 0.678. The molecule has 146 valence electrons.